The number of aryl methyl sites for hydroxylation is 1. The van der Waals surface area contributed by atoms with Gasteiger partial charge in [0, 0.05) is 5.56 Å². The molecule has 0 fully saturated rings. The van der Waals surface area contributed by atoms with Crippen LogP contribution >= 0.6 is 11.6 Å². The Labute approximate surface area is 151 Å². The van der Waals surface area contributed by atoms with Crippen LogP contribution < -0.4 is 14.9 Å². The van der Waals surface area contributed by atoms with Gasteiger partial charge in [-0.15, -0.1) is 0 Å². The highest BCUT2D eigenvalue weighted by Crippen LogP contribution is 2.36. The minimum Gasteiger partial charge on any atom is -0.493 e. The topological polar surface area (TPSA) is 59.9 Å². The summed E-state index contributed by atoms with van der Waals surface area (Å²) in [7, 11) is 1.52. The summed E-state index contributed by atoms with van der Waals surface area (Å²) >= 11 is 6.22. The number of nitrogens with one attached hydrogen (secondary N) is 1. The lowest BCUT2D eigenvalue weighted by Gasteiger charge is -2.11. The Morgan fingerprint density at radius 2 is 2.12 bits per heavy atom. The molecule has 0 heterocycles. The van der Waals surface area contributed by atoms with Crippen molar-refractivity contribution in [2.75, 3.05) is 13.7 Å². The van der Waals surface area contributed by atoms with E-state index in [-0.39, 0.29) is 5.91 Å². The maximum absolute atomic E-state index is 12.1. The fraction of sp³-hybridized carbons (Fsp3) is 0.158. The lowest BCUT2D eigenvalue weighted by atomic mass is 10.1. The van der Waals surface area contributed by atoms with Crippen LogP contribution in [0.5, 0.6) is 11.5 Å². The van der Waals surface area contributed by atoms with E-state index in [1.54, 1.807) is 30.3 Å². The molecule has 25 heavy (non-hydrogen) atoms. The first-order valence-corrected chi connectivity index (χ1v) is 7.95. The molecule has 0 aliphatic heterocycles. The van der Waals surface area contributed by atoms with E-state index in [9.17, 15) is 4.79 Å². The summed E-state index contributed by atoms with van der Waals surface area (Å²) < 4.78 is 10.8. The minimum absolute atomic E-state index is 0.279. The third-order valence-corrected chi connectivity index (χ3v) is 3.65. The summed E-state index contributed by atoms with van der Waals surface area (Å²) in [5, 5.41) is 4.35. The number of amides is 1. The van der Waals surface area contributed by atoms with E-state index in [1.807, 2.05) is 19.1 Å². The zero-order valence-electron chi connectivity index (χ0n) is 14.1. The van der Waals surface area contributed by atoms with Crippen molar-refractivity contribution in [2.24, 2.45) is 5.10 Å². The summed E-state index contributed by atoms with van der Waals surface area (Å²) in [5.74, 6) is 0.629. The molecule has 0 saturated carbocycles. The SMILES string of the molecule is C=CCOc1c(Cl)cc(/C=N/NC(=O)c2ccccc2C)cc1OC. The van der Waals surface area contributed by atoms with E-state index in [4.69, 9.17) is 21.1 Å². The number of ether oxygens (including phenoxy) is 2. The smallest absolute Gasteiger partial charge is 0.271 e. The van der Waals surface area contributed by atoms with Gasteiger partial charge in [0.15, 0.2) is 11.5 Å². The van der Waals surface area contributed by atoms with E-state index in [2.05, 4.69) is 17.1 Å². The summed E-state index contributed by atoms with van der Waals surface area (Å²) in [5.41, 5.74) is 4.61. The molecule has 0 radical (unpaired) electrons. The Hall–Kier alpha value is -2.79. The molecule has 6 heteroatoms. The molecule has 0 unspecified atom stereocenters. The number of rotatable bonds is 7. The predicted molar refractivity (Wildman–Crippen MR) is 99.9 cm³/mol. The fourth-order valence-electron chi connectivity index (χ4n) is 2.15. The molecule has 2 aromatic rings. The van der Waals surface area contributed by atoms with Gasteiger partial charge in [0.2, 0.25) is 0 Å². The standard InChI is InChI=1S/C19H19ClN2O3/c1-4-9-25-18-16(20)10-14(11-17(18)24-3)12-21-22-19(23)15-8-6-5-7-13(15)2/h4-8,10-12H,1,9H2,2-3H3,(H,22,23)/b21-12+. The van der Waals surface area contributed by atoms with Gasteiger partial charge >= 0.3 is 0 Å². The predicted octanol–water partition coefficient (Wildman–Crippen LogP) is 3.99. The zero-order chi connectivity index (χ0) is 18.2. The highest BCUT2D eigenvalue weighted by Gasteiger charge is 2.11. The molecule has 1 N–H and O–H groups in total. The van der Waals surface area contributed by atoms with E-state index < -0.39 is 0 Å². The second-order valence-electron chi connectivity index (χ2n) is 5.15. The Balaban J connectivity index is 2.13. The van der Waals surface area contributed by atoms with Gasteiger partial charge in [0.1, 0.15) is 6.61 Å². The van der Waals surface area contributed by atoms with E-state index in [0.29, 0.717) is 34.3 Å². The van der Waals surface area contributed by atoms with Crippen molar-refractivity contribution in [3.63, 3.8) is 0 Å². The van der Waals surface area contributed by atoms with Crippen LogP contribution in [0.15, 0.2) is 54.2 Å². The van der Waals surface area contributed by atoms with Crippen LogP contribution in [0.2, 0.25) is 5.02 Å². The van der Waals surface area contributed by atoms with Crippen LogP contribution in [-0.2, 0) is 0 Å². The number of hydrogen-bond donors (Lipinski definition) is 1. The fourth-order valence-corrected chi connectivity index (χ4v) is 2.42. The van der Waals surface area contributed by atoms with Gasteiger partial charge in [0.05, 0.1) is 18.3 Å². The number of hydrazone groups is 1. The Bertz CT molecular complexity index is 803. The first-order valence-electron chi connectivity index (χ1n) is 7.57. The number of halogens is 1. The van der Waals surface area contributed by atoms with Crippen molar-refractivity contribution in [2.45, 2.75) is 6.92 Å². The van der Waals surface area contributed by atoms with Crippen LogP contribution in [0.3, 0.4) is 0 Å². The molecule has 5 nitrogen and oxygen atoms in total. The largest absolute Gasteiger partial charge is 0.493 e. The summed E-state index contributed by atoms with van der Waals surface area (Å²) in [6.45, 7) is 5.78. The van der Waals surface area contributed by atoms with Gasteiger partial charge < -0.3 is 9.47 Å². The number of methoxy groups -OCH3 is 1. The van der Waals surface area contributed by atoms with Crippen molar-refractivity contribution in [1.29, 1.82) is 0 Å². The molecule has 0 atom stereocenters. The van der Waals surface area contributed by atoms with E-state index in [0.717, 1.165) is 5.56 Å². The average Bonchev–Trinajstić information content (AvgIpc) is 2.60. The van der Waals surface area contributed by atoms with Crippen molar-refractivity contribution >= 4 is 23.7 Å². The second-order valence-corrected chi connectivity index (χ2v) is 5.56. The second kappa shape index (κ2) is 8.89. The Morgan fingerprint density at radius 3 is 2.80 bits per heavy atom. The van der Waals surface area contributed by atoms with Crippen molar-refractivity contribution in [3.8, 4) is 11.5 Å². The maximum Gasteiger partial charge on any atom is 0.271 e. The Morgan fingerprint density at radius 1 is 1.36 bits per heavy atom. The molecule has 0 bridgehead atoms. The summed E-state index contributed by atoms with van der Waals surface area (Å²) in [6.07, 6.45) is 3.11. The molecule has 130 valence electrons. The minimum atomic E-state index is -0.279. The van der Waals surface area contributed by atoms with Gasteiger partial charge in [-0.25, -0.2) is 5.43 Å². The molecule has 2 rings (SSSR count). The van der Waals surface area contributed by atoms with Crippen molar-refractivity contribution in [1.82, 2.24) is 5.43 Å². The van der Waals surface area contributed by atoms with Gasteiger partial charge in [-0.2, -0.15) is 5.10 Å². The first kappa shape index (κ1) is 18.5. The zero-order valence-corrected chi connectivity index (χ0v) is 14.8. The average molecular weight is 359 g/mol. The van der Waals surface area contributed by atoms with Crippen LogP contribution in [0, 0.1) is 6.92 Å². The van der Waals surface area contributed by atoms with Crippen LogP contribution in [-0.4, -0.2) is 25.8 Å². The number of hydrogen-bond acceptors (Lipinski definition) is 4. The molecule has 0 aliphatic carbocycles. The molecular weight excluding hydrogens is 340 g/mol. The molecule has 0 spiro atoms. The lowest BCUT2D eigenvalue weighted by Crippen LogP contribution is -2.18. The number of carbonyl (C=O) groups is 1. The molecule has 1 amide bonds. The Kier molecular flexibility index (Phi) is 6.60. The highest BCUT2D eigenvalue weighted by atomic mass is 35.5. The normalized spacial score (nSPS) is 10.5. The van der Waals surface area contributed by atoms with Crippen molar-refractivity contribution in [3.05, 3.63) is 70.8 Å². The first-order chi connectivity index (χ1) is 12.1. The van der Waals surface area contributed by atoms with Gasteiger partial charge in [-0.1, -0.05) is 42.5 Å². The number of carbonyl (C=O) groups excluding carboxylic acids is 1. The molecular formula is C19H19ClN2O3. The third-order valence-electron chi connectivity index (χ3n) is 3.37. The van der Waals surface area contributed by atoms with Crippen LogP contribution in [0.4, 0.5) is 0 Å². The van der Waals surface area contributed by atoms with Crippen molar-refractivity contribution < 1.29 is 14.3 Å². The molecule has 0 saturated heterocycles. The monoisotopic (exact) mass is 358 g/mol. The molecule has 0 aliphatic rings. The van der Waals surface area contributed by atoms with E-state index >= 15 is 0 Å². The van der Waals surface area contributed by atoms with Gasteiger partial charge in [0.25, 0.3) is 5.91 Å². The van der Waals surface area contributed by atoms with Crippen LogP contribution in [0.25, 0.3) is 0 Å². The molecule has 2 aromatic carbocycles. The van der Waals surface area contributed by atoms with Gasteiger partial charge in [-0.05, 0) is 36.2 Å². The number of benzene rings is 2. The number of nitrogens with zero attached hydrogens (tertiary/aromatic N) is 1. The van der Waals surface area contributed by atoms with E-state index in [1.165, 1.54) is 13.3 Å². The summed E-state index contributed by atoms with van der Waals surface area (Å²) in [6, 6.07) is 10.7. The third kappa shape index (κ3) is 4.84. The van der Waals surface area contributed by atoms with Crippen LogP contribution in [0.1, 0.15) is 21.5 Å². The summed E-state index contributed by atoms with van der Waals surface area (Å²) in [4.78, 5) is 12.1. The maximum atomic E-state index is 12.1. The lowest BCUT2D eigenvalue weighted by molar-refractivity contribution is 0.0954. The quantitative estimate of drug-likeness (QED) is 0.462. The highest BCUT2D eigenvalue weighted by molar-refractivity contribution is 6.32. The molecule has 0 aromatic heterocycles. The van der Waals surface area contributed by atoms with Gasteiger partial charge in [-0.3, -0.25) is 4.79 Å².